The fourth-order valence-corrected chi connectivity index (χ4v) is 3.74. The maximum atomic E-state index is 4.90. The standard InChI is InChI=1S/C18H18Br2N4/c19-14-3-1-13(2-4-14)18-16(12-23-9-7-21-8-10-23)24-11-15(20)5-6-17(24)22-18/h1-6,11,21H,7-10,12H2. The van der Waals surface area contributed by atoms with Gasteiger partial charge in [0.15, 0.2) is 0 Å². The Bertz CT molecular complexity index is 851. The minimum absolute atomic E-state index is 0.907. The lowest BCUT2D eigenvalue weighted by Crippen LogP contribution is -2.43. The summed E-state index contributed by atoms with van der Waals surface area (Å²) in [5.74, 6) is 0. The second kappa shape index (κ2) is 6.96. The fraction of sp³-hybridized carbons (Fsp3) is 0.278. The number of rotatable bonds is 3. The van der Waals surface area contributed by atoms with Gasteiger partial charge in [-0.25, -0.2) is 4.98 Å². The SMILES string of the molecule is Brc1ccc(-c2nc3ccc(Br)cn3c2CN2CCNCC2)cc1. The Morgan fingerprint density at radius 1 is 0.958 bits per heavy atom. The van der Waals surface area contributed by atoms with Gasteiger partial charge >= 0.3 is 0 Å². The molecule has 0 amide bonds. The van der Waals surface area contributed by atoms with Crippen LogP contribution in [0.2, 0.25) is 0 Å². The molecule has 124 valence electrons. The van der Waals surface area contributed by atoms with Gasteiger partial charge in [-0.1, -0.05) is 28.1 Å². The van der Waals surface area contributed by atoms with Crippen LogP contribution in [0, 0.1) is 0 Å². The highest BCUT2D eigenvalue weighted by Gasteiger charge is 2.18. The predicted molar refractivity (Wildman–Crippen MR) is 104 cm³/mol. The van der Waals surface area contributed by atoms with Crippen LogP contribution < -0.4 is 5.32 Å². The van der Waals surface area contributed by atoms with Crippen LogP contribution >= 0.6 is 31.9 Å². The molecule has 1 aliphatic heterocycles. The van der Waals surface area contributed by atoms with E-state index in [-0.39, 0.29) is 0 Å². The zero-order valence-electron chi connectivity index (χ0n) is 13.2. The van der Waals surface area contributed by atoms with Crippen molar-refractivity contribution < 1.29 is 0 Å². The molecule has 0 spiro atoms. The normalized spacial score (nSPS) is 15.9. The number of halogens is 2. The summed E-state index contributed by atoms with van der Waals surface area (Å²) >= 11 is 7.10. The quantitative estimate of drug-likeness (QED) is 0.657. The van der Waals surface area contributed by atoms with Crippen LogP contribution in [0.5, 0.6) is 0 Å². The molecule has 1 aromatic carbocycles. The molecule has 0 aliphatic carbocycles. The first-order valence-electron chi connectivity index (χ1n) is 8.06. The van der Waals surface area contributed by atoms with Crippen molar-refractivity contribution in [2.75, 3.05) is 26.2 Å². The maximum Gasteiger partial charge on any atom is 0.137 e. The number of imidazole rings is 1. The van der Waals surface area contributed by atoms with E-state index >= 15 is 0 Å². The Morgan fingerprint density at radius 3 is 2.42 bits per heavy atom. The third kappa shape index (κ3) is 3.28. The minimum atomic E-state index is 0.907. The molecule has 6 heteroatoms. The van der Waals surface area contributed by atoms with Gasteiger partial charge in [0, 0.05) is 53.4 Å². The van der Waals surface area contributed by atoms with Gasteiger partial charge in [0.1, 0.15) is 5.65 Å². The highest BCUT2D eigenvalue weighted by Crippen LogP contribution is 2.28. The first-order chi connectivity index (χ1) is 11.7. The number of aromatic nitrogens is 2. The Labute approximate surface area is 158 Å². The van der Waals surface area contributed by atoms with E-state index < -0.39 is 0 Å². The predicted octanol–water partition coefficient (Wildman–Crippen LogP) is 3.93. The van der Waals surface area contributed by atoms with Crippen LogP contribution in [0.1, 0.15) is 5.69 Å². The number of hydrogen-bond donors (Lipinski definition) is 1. The van der Waals surface area contributed by atoms with Crippen molar-refractivity contribution in [3.63, 3.8) is 0 Å². The Morgan fingerprint density at radius 2 is 1.67 bits per heavy atom. The molecule has 0 radical (unpaired) electrons. The van der Waals surface area contributed by atoms with Gasteiger partial charge in [0.25, 0.3) is 0 Å². The molecule has 0 bridgehead atoms. The van der Waals surface area contributed by atoms with Crippen LogP contribution in [0.3, 0.4) is 0 Å². The van der Waals surface area contributed by atoms with Crippen LogP contribution in [-0.4, -0.2) is 40.5 Å². The van der Waals surface area contributed by atoms with Gasteiger partial charge in [-0.05, 0) is 40.2 Å². The molecule has 4 nitrogen and oxygen atoms in total. The molecule has 0 unspecified atom stereocenters. The monoisotopic (exact) mass is 448 g/mol. The molecule has 0 atom stereocenters. The van der Waals surface area contributed by atoms with Gasteiger partial charge < -0.3 is 9.72 Å². The van der Waals surface area contributed by atoms with E-state index in [1.807, 2.05) is 6.07 Å². The van der Waals surface area contributed by atoms with Crippen molar-refractivity contribution in [1.82, 2.24) is 19.6 Å². The molecule has 24 heavy (non-hydrogen) atoms. The minimum Gasteiger partial charge on any atom is -0.314 e. The van der Waals surface area contributed by atoms with Crippen molar-refractivity contribution in [3.8, 4) is 11.3 Å². The lowest BCUT2D eigenvalue weighted by atomic mass is 10.1. The first-order valence-corrected chi connectivity index (χ1v) is 9.65. The van der Waals surface area contributed by atoms with Crippen LogP contribution in [0.25, 0.3) is 16.9 Å². The summed E-state index contributed by atoms with van der Waals surface area (Å²) in [7, 11) is 0. The molecule has 1 N–H and O–H groups in total. The highest BCUT2D eigenvalue weighted by molar-refractivity contribution is 9.10. The topological polar surface area (TPSA) is 32.6 Å². The molecular weight excluding hydrogens is 432 g/mol. The second-order valence-corrected chi connectivity index (χ2v) is 7.85. The van der Waals surface area contributed by atoms with Crippen molar-refractivity contribution in [2.24, 2.45) is 0 Å². The van der Waals surface area contributed by atoms with Crippen LogP contribution in [0.15, 0.2) is 51.5 Å². The van der Waals surface area contributed by atoms with Gasteiger partial charge in [-0.3, -0.25) is 4.90 Å². The third-order valence-electron chi connectivity index (χ3n) is 4.38. The van der Waals surface area contributed by atoms with Gasteiger partial charge in [0.05, 0.1) is 11.4 Å². The summed E-state index contributed by atoms with van der Waals surface area (Å²) in [6.07, 6.45) is 2.11. The van der Waals surface area contributed by atoms with E-state index in [0.29, 0.717) is 0 Å². The molecule has 1 aliphatic rings. The van der Waals surface area contributed by atoms with E-state index in [1.165, 1.54) is 5.69 Å². The Hall–Kier alpha value is -1.21. The van der Waals surface area contributed by atoms with Crippen LogP contribution in [-0.2, 0) is 6.54 Å². The highest BCUT2D eigenvalue weighted by atomic mass is 79.9. The summed E-state index contributed by atoms with van der Waals surface area (Å²) in [4.78, 5) is 7.39. The molecule has 1 saturated heterocycles. The van der Waals surface area contributed by atoms with E-state index in [4.69, 9.17) is 4.98 Å². The van der Waals surface area contributed by atoms with E-state index in [2.05, 4.69) is 83.0 Å². The number of piperazine rings is 1. The summed E-state index contributed by atoms with van der Waals surface area (Å²) in [6.45, 7) is 5.15. The first kappa shape index (κ1) is 16.3. The number of nitrogens with zero attached hydrogens (tertiary/aromatic N) is 3. The second-order valence-electron chi connectivity index (χ2n) is 6.02. The number of benzene rings is 1. The molecule has 4 rings (SSSR count). The smallest absolute Gasteiger partial charge is 0.137 e. The number of pyridine rings is 1. The molecule has 1 fully saturated rings. The van der Waals surface area contributed by atoms with Crippen molar-refractivity contribution in [1.29, 1.82) is 0 Å². The largest absolute Gasteiger partial charge is 0.314 e. The van der Waals surface area contributed by atoms with E-state index in [0.717, 1.165) is 58.6 Å². The molecule has 0 saturated carbocycles. The molecular formula is C18H18Br2N4. The van der Waals surface area contributed by atoms with Gasteiger partial charge in [-0.2, -0.15) is 0 Å². The lowest BCUT2D eigenvalue weighted by molar-refractivity contribution is 0.230. The van der Waals surface area contributed by atoms with Crippen molar-refractivity contribution >= 4 is 37.5 Å². The Kier molecular flexibility index (Phi) is 4.72. The number of fused-ring (bicyclic) bond motifs is 1. The molecule has 3 heterocycles. The van der Waals surface area contributed by atoms with E-state index in [9.17, 15) is 0 Å². The van der Waals surface area contributed by atoms with Crippen LogP contribution in [0.4, 0.5) is 0 Å². The average molecular weight is 450 g/mol. The number of nitrogens with one attached hydrogen (secondary N) is 1. The summed E-state index contributed by atoms with van der Waals surface area (Å²) in [6, 6.07) is 12.5. The summed E-state index contributed by atoms with van der Waals surface area (Å²) in [5.41, 5.74) is 4.46. The third-order valence-corrected chi connectivity index (χ3v) is 5.38. The summed E-state index contributed by atoms with van der Waals surface area (Å²) in [5, 5.41) is 3.42. The lowest BCUT2D eigenvalue weighted by Gasteiger charge is -2.27. The zero-order valence-corrected chi connectivity index (χ0v) is 16.3. The molecule has 3 aromatic rings. The molecule has 2 aromatic heterocycles. The maximum absolute atomic E-state index is 4.90. The van der Waals surface area contributed by atoms with Crippen molar-refractivity contribution in [2.45, 2.75) is 6.54 Å². The Balaban J connectivity index is 1.81. The average Bonchev–Trinajstić information content (AvgIpc) is 2.94. The van der Waals surface area contributed by atoms with Gasteiger partial charge in [-0.15, -0.1) is 0 Å². The summed E-state index contributed by atoms with van der Waals surface area (Å²) < 4.78 is 4.36. The van der Waals surface area contributed by atoms with Gasteiger partial charge in [0.2, 0.25) is 0 Å². The van der Waals surface area contributed by atoms with E-state index in [1.54, 1.807) is 0 Å². The number of hydrogen-bond acceptors (Lipinski definition) is 3. The zero-order chi connectivity index (χ0) is 16.5. The van der Waals surface area contributed by atoms with Crippen molar-refractivity contribution in [3.05, 3.63) is 57.2 Å². The fourth-order valence-electron chi connectivity index (χ4n) is 3.14.